The van der Waals surface area contributed by atoms with Crippen molar-refractivity contribution in [3.8, 4) is 5.75 Å². The van der Waals surface area contributed by atoms with Crippen LogP contribution in [0, 0.1) is 0 Å². The first-order valence-electron chi connectivity index (χ1n) is 4.63. The highest BCUT2D eigenvalue weighted by Gasteiger charge is 1.95. The molecule has 0 aromatic heterocycles. The fraction of sp³-hybridized carbons (Fsp3) is 0.333. The number of benzene rings is 1. The van der Waals surface area contributed by atoms with Crippen LogP contribution in [0.15, 0.2) is 43.0 Å². The van der Waals surface area contributed by atoms with Crippen LogP contribution in [0.3, 0.4) is 0 Å². The highest BCUT2D eigenvalue weighted by atomic mass is 16.5. The second kappa shape index (κ2) is 8.32. The number of hydrogen-bond acceptors (Lipinski definition) is 2. The predicted octanol–water partition coefficient (Wildman–Crippen LogP) is 2.64. The Balaban J connectivity index is 0.000000500. The monoisotopic (exact) mass is 194 g/mol. The summed E-state index contributed by atoms with van der Waals surface area (Å²) in [6.45, 7) is 7.30. The van der Waals surface area contributed by atoms with Gasteiger partial charge in [-0.1, -0.05) is 24.3 Å². The van der Waals surface area contributed by atoms with Crippen molar-refractivity contribution < 1.29 is 9.84 Å². The second-order valence-electron chi connectivity index (χ2n) is 2.88. The smallest absolute Gasteiger partial charge is 0.119 e. The summed E-state index contributed by atoms with van der Waals surface area (Å²) in [6.07, 6.45) is 1.34. The van der Waals surface area contributed by atoms with E-state index in [9.17, 15) is 0 Å². The zero-order valence-electron chi connectivity index (χ0n) is 8.81. The van der Waals surface area contributed by atoms with Crippen LogP contribution >= 0.6 is 0 Å². The molecule has 0 radical (unpaired) electrons. The maximum atomic E-state index is 8.89. The molecule has 0 aliphatic heterocycles. The van der Waals surface area contributed by atoms with E-state index in [0.29, 0.717) is 6.61 Å². The number of rotatable bonds is 3. The molecule has 0 bridgehead atoms. The number of ether oxygens (including phenoxy) is 1. The molecule has 1 atom stereocenters. The van der Waals surface area contributed by atoms with Gasteiger partial charge in [-0.15, -0.1) is 6.58 Å². The van der Waals surface area contributed by atoms with Gasteiger partial charge in [0.1, 0.15) is 12.4 Å². The molecule has 2 heteroatoms. The van der Waals surface area contributed by atoms with E-state index in [1.807, 2.05) is 37.3 Å². The molecule has 0 aliphatic carbocycles. The first kappa shape index (κ1) is 12.7. The van der Waals surface area contributed by atoms with Crippen molar-refractivity contribution in [3.63, 3.8) is 0 Å². The molecule has 1 aromatic carbocycles. The van der Waals surface area contributed by atoms with Crippen molar-refractivity contribution in [2.75, 3.05) is 6.61 Å². The molecule has 0 aliphatic rings. The van der Waals surface area contributed by atoms with Crippen LogP contribution in [-0.2, 0) is 0 Å². The molecule has 78 valence electrons. The minimum Gasteiger partial charge on any atom is -0.491 e. The number of allylic oxidation sites excluding steroid dienone is 1. The highest BCUT2D eigenvalue weighted by molar-refractivity contribution is 5.20. The molecule has 0 amide bonds. The zero-order valence-corrected chi connectivity index (χ0v) is 8.81. The normalized spacial score (nSPS) is 10.8. The minimum absolute atomic E-state index is 0.351. The van der Waals surface area contributed by atoms with Crippen molar-refractivity contribution >= 4 is 0 Å². The van der Waals surface area contributed by atoms with E-state index in [1.165, 1.54) is 0 Å². The van der Waals surface area contributed by atoms with Gasteiger partial charge in [0.15, 0.2) is 0 Å². The van der Waals surface area contributed by atoms with Gasteiger partial charge in [0.25, 0.3) is 0 Å². The van der Waals surface area contributed by atoms with Gasteiger partial charge in [0.05, 0.1) is 6.10 Å². The molecule has 1 N–H and O–H groups in total. The van der Waals surface area contributed by atoms with E-state index in [1.54, 1.807) is 13.0 Å². The van der Waals surface area contributed by atoms with Crippen LogP contribution in [0.25, 0.3) is 0 Å². The lowest BCUT2D eigenvalue weighted by Crippen LogP contribution is -2.12. The Morgan fingerprint density at radius 3 is 2.36 bits per heavy atom. The summed E-state index contributed by atoms with van der Waals surface area (Å²) in [4.78, 5) is 0. The van der Waals surface area contributed by atoms with E-state index < -0.39 is 6.10 Å². The van der Waals surface area contributed by atoms with E-state index in [0.717, 1.165) is 5.75 Å². The molecule has 1 rings (SSSR count). The van der Waals surface area contributed by atoms with Crippen molar-refractivity contribution in [3.05, 3.63) is 43.0 Å². The molecule has 0 fully saturated rings. The van der Waals surface area contributed by atoms with Gasteiger partial charge in [-0.05, 0) is 26.0 Å². The predicted molar refractivity (Wildman–Crippen MR) is 59.5 cm³/mol. The first-order chi connectivity index (χ1) is 6.70. The molecule has 0 heterocycles. The second-order valence-corrected chi connectivity index (χ2v) is 2.88. The van der Waals surface area contributed by atoms with Crippen LogP contribution in [0.1, 0.15) is 13.8 Å². The Bertz CT molecular complexity index is 229. The Morgan fingerprint density at radius 2 is 1.93 bits per heavy atom. The number of hydrogen-bond donors (Lipinski definition) is 1. The summed E-state index contributed by atoms with van der Waals surface area (Å²) >= 11 is 0. The Kier molecular flexibility index (Phi) is 7.56. The third-order valence-corrected chi connectivity index (χ3v) is 1.23. The lowest BCUT2D eigenvalue weighted by atomic mass is 10.3. The summed E-state index contributed by atoms with van der Waals surface area (Å²) in [5, 5.41) is 8.89. The van der Waals surface area contributed by atoms with Crippen LogP contribution < -0.4 is 4.74 Å². The SMILES string of the molecule is C=CC.CC(O)COc1ccccc1. The topological polar surface area (TPSA) is 29.5 Å². The largest absolute Gasteiger partial charge is 0.491 e. The standard InChI is InChI=1S/C9H12O2.C3H6/c1-8(10)7-11-9-5-3-2-4-6-9;1-3-2/h2-6,8,10H,7H2,1H3;3H,1H2,2H3. The van der Waals surface area contributed by atoms with Crippen LogP contribution in [0.2, 0.25) is 0 Å². The van der Waals surface area contributed by atoms with Gasteiger partial charge in [-0.3, -0.25) is 0 Å². The fourth-order valence-corrected chi connectivity index (χ4v) is 0.734. The molecule has 0 saturated heterocycles. The molecular formula is C12H18O2. The van der Waals surface area contributed by atoms with E-state index in [4.69, 9.17) is 9.84 Å². The third-order valence-electron chi connectivity index (χ3n) is 1.23. The molecule has 1 aromatic rings. The summed E-state index contributed by atoms with van der Waals surface area (Å²) in [7, 11) is 0. The maximum absolute atomic E-state index is 8.89. The fourth-order valence-electron chi connectivity index (χ4n) is 0.734. The molecular weight excluding hydrogens is 176 g/mol. The van der Waals surface area contributed by atoms with Gasteiger partial charge >= 0.3 is 0 Å². The summed E-state index contributed by atoms with van der Waals surface area (Å²) in [6, 6.07) is 9.45. The van der Waals surface area contributed by atoms with Gasteiger partial charge in [-0.25, -0.2) is 0 Å². The van der Waals surface area contributed by atoms with Crippen molar-refractivity contribution in [2.45, 2.75) is 20.0 Å². The Labute approximate surface area is 85.8 Å². The van der Waals surface area contributed by atoms with E-state index in [-0.39, 0.29) is 0 Å². The molecule has 0 saturated carbocycles. The molecule has 1 unspecified atom stereocenters. The summed E-state index contributed by atoms with van der Waals surface area (Å²) in [5.41, 5.74) is 0. The van der Waals surface area contributed by atoms with Crippen molar-refractivity contribution in [2.24, 2.45) is 0 Å². The van der Waals surface area contributed by atoms with Gasteiger partial charge < -0.3 is 9.84 Å². The van der Waals surface area contributed by atoms with Crippen LogP contribution in [-0.4, -0.2) is 17.8 Å². The van der Waals surface area contributed by atoms with Crippen LogP contribution in [0.4, 0.5) is 0 Å². The number of aliphatic hydroxyl groups excluding tert-OH is 1. The average Bonchev–Trinajstić information content (AvgIpc) is 2.18. The molecule has 2 nitrogen and oxygen atoms in total. The van der Waals surface area contributed by atoms with Crippen molar-refractivity contribution in [1.82, 2.24) is 0 Å². The average molecular weight is 194 g/mol. The van der Waals surface area contributed by atoms with Crippen LogP contribution in [0.5, 0.6) is 5.75 Å². The van der Waals surface area contributed by atoms with Crippen molar-refractivity contribution in [1.29, 1.82) is 0 Å². The first-order valence-corrected chi connectivity index (χ1v) is 4.63. The highest BCUT2D eigenvalue weighted by Crippen LogP contribution is 2.07. The van der Waals surface area contributed by atoms with E-state index >= 15 is 0 Å². The zero-order chi connectivity index (χ0) is 10.8. The Morgan fingerprint density at radius 1 is 1.43 bits per heavy atom. The lowest BCUT2D eigenvalue weighted by molar-refractivity contribution is 0.123. The quantitative estimate of drug-likeness (QED) is 0.749. The number of para-hydroxylation sites is 1. The summed E-state index contributed by atoms with van der Waals surface area (Å²) in [5.74, 6) is 0.799. The Hall–Kier alpha value is -1.28. The minimum atomic E-state index is -0.407. The third kappa shape index (κ3) is 7.37. The molecule has 14 heavy (non-hydrogen) atoms. The molecule has 0 spiro atoms. The maximum Gasteiger partial charge on any atom is 0.119 e. The van der Waals surface area contributed by atoms with Gasteiger partial charge in [-0.2, -0.15) is 0 Å². The van der Waals surface area contributed by atoms with E-state index in [2.05, 4.69) is 6.58 Å². The number of aliphatic hydroxyl groups is 1. The van der Waals surface area contributed by atoms with Gasteiger partial charge in [0.2, 0.25) is 0 Å². The summed E-state index contributed by atoms with van der Waals surface area (Å²) < 4.78 is 5.22. The lowest BCUT2D eigenvalue weighted by Gasteiger charge is -2.06. The van der Waals surface area contributed by atoms with Gasteiger partial charge in [0, 0.05) is 0 Å².